The summed E-state index contributed by atoms with van der Waals surface area (Å²) in [6.45, 7) is 2.46. The van der Waals surface area contributed by atoms with Gasteiger partial charge in [-0.05, 0) is 19.8 Å². The largest absolute Gasteiger partial charge is 0.361 e. The number of aromatic nitrogens is 3. The molecule has 2 heterocycles. The Balaban J connectivity index is 1.37. The second-order valence-electron chi connectivity index (χ2n) is 6.55. The third-order valence-electron chi connectivity index (χ3n) is 4.32. The molecule has 0 radical (unpaired) electrons. The summed E-state index contributed by atoms with van der Waals surface area (Å²) >= 11 is 0. The van der Waals surface area contributed by atoms with E-state index >= 15 is 0 Å². The van der Waals surface area contributed by atoms with Crippen molar-refractivity contribution in [3.63, 3.8) is 0 Å². The molecule has 0 spiro atoms. The van der Waals surface area contributed by atoms with Gasteiger partial charge < -0.3 is 13.9 Å². The van der Waals surface area contributed by atoms with E-state index in [9.17, 15) is 4.79 Å². The summed E-state index contributed by atoms with van der Waals surface area (Å²) in [5, 5.41) is 7.86. The van der Waals surface area contributed by atoms with E-state index in [1.54, 1.807) is 11.8 Å². The highest BCUT2D eigenvalue weighted by atomic mass is 16.5. The Morgan fingerprint density at radius 1 is 1.07 bits per heavy atom. The van der Waals surface area contributed by atoms with E-state index in [4.69, 9.17) is 9.05 Å². The zero-order valence-electron chi connectivity index (χ0n) is 15.7. The Labute approximate surface area is 158 Å². The number of carbonyl (C=O) groups excluding carboxylic acids is 1. The highest BCUT2D eigenvalue weighted by Crippen LogP contribution is 2.19. The quantitative estimate of drug-likeness (QED) is 0.575. The third kappa shape index (κ3) is 5.51. The lowest BCUT2D eigenvalue weighted by Crippen LogP contribution is -2.27. The van der Waals surface area contributed by atoms with Crippen LogP contribution < -0.4 is 0 Å². The van der Waals surface area contributed by atoms with Gasteiger partial charge in [0.2, 0.25) is 11.8 Å². The Morgan fingerprint density at radius 2 is 1.89 bits per heavy atom. The molecule has 3 aromatic rings. The molecule has 0 bridgehead atoms. The molecule has 0 N–H and O–H groups in total. The van der Waals surface area contributed by atoms with Gasteiger partial charge in [0.15, 0.2) is 5.82 Å². The molecule has 0 aliphatic carbocycles. The molecule has 0 aliphatic heterocycles. The summed E-state index contributed by atoms with van der Waals surface area (Å²) in [5.74, 6) is 2.16. The maximum atomic E-state index is 12.2. The molecular formula is C20H24N4O3. The predicted molar refractivity (Wildman–Crippen MR) is 99.9 cm³/mol. The fraction of sp³-hybridized carbons (Fsp3) is 0.400. The number of nitrogens with zero attached hydrogens (tertiary/aromatic N) is 4. The van der Waals surface area contributed by atoms with Crippen molar-refractivity contribution in [1.29, 1.82) is 0 Å². The number of aryl methyl sites for hydroxylation is 3. The van der Waals surface area contributed by atoms with Crippen LogP contribution in [0.4, 0.5) is 0 Å². The van der Waals surface area contributed by atoms with E-state index in [0.29, 0.717) is 37.5 Å². The number of amides is 1. The molecule has 0 unspecified atom stereocenters. The van der Waals surface area contributed by atoms with Crippen LogP contribution in [0.25, 0.3) is 11.3 Å². The molecule has 7 heteroatoms. The zero-order chi connectivity index (χ0) is 19.1. The van der Waals surface area contributed by atoms with Crippen LogP contribution >= 0.6 is 0 Å². The van der Waals surface area contributed by atoms with Crippen molar-refractivity contribution < 1.29 is 13.8 Å². The fourth-order valence-corrected chi connectivity index (χ4v) is 2.81. The molecule has 0 aliphatic rings. The van der Waals surface area contributed by atoms with Crippen molar-refractivity contribution in [1.82, 2.24) is 20.2 Å². The van der Waals surface area contributed by atoms with E-state index < -0.39 is 0 Å². The van der Waals surface area contributed by atoms with Crippen molar-refractivity contribution in [3.8, 4) is 11.3 Å². The SMILES string of the molecule is Cc1noc(CCCC(=O)N(C)CCCc2cc(-c3ccccc3)no2)n1. The normalized spacial score (nSPS) is 10.9. The second kappa shape index (κ2) is 9.12. The Hall–Kier alpha value is -2.96. The van der Waals surface area contributed by atoms with Crippen molar-refractivity contribution in [2.24, 2.45) is 0 Å². The van der Waals surface area contributed by atoms with E-state index in [0.717, 1.165) is 29.9 Å². The van der Waals surface area contributed by atoms with Crippen LogP contribution in [0.15, 0.2) is 45.4 Å². The van der Waals surface area contributed by atoms with Crippen molar-refractivity contribution >= 4 is 5.91 Å². The average molecular weight is 368 g/mol. The van der Waals surface area contributed by atoms with Gasteiger partial charge in [0.25, 0.3) is 0 Å². The van der Waals surface area contributed by atoms with Gasteiger partial charge in [0.05, 0.1) is 0 Å². The summed E-state index contributed by atoms with van der Waals surface area (Å²) in [4.78, 5) is 18.1. The molecule has 2 aromatic heterocycles. The first kappa shape index (κ1) is 18.8. The van der Waals surface area contributed by atoms with Crippen LogP contribution in [0, 0.1) is 6.92 Å². The monoisotopic (exact) mass is 368 g/mol. The predicted octanol–water partition coefficient (Wildman–Crippen LogP) is 3.45. The number of carbonyl (C=O) groups is 1. The number of benzene rings is 1. The summed E-state index contributed by atoms with van der Waals surface area (Å²) in [6, 6.07) is 11.9. The topological polar surface area (TPSA) is 85.3 Å². The van der Waals surface area contributed by atoms with E-state index in [1.807, 2.05) is 43.4 Å². The summed E-state index contributed by atoms with van der Waals surface area (Å²) < 4.78 is 10.5. The number of hydrogen-bond acceptors (Lipinski definition) is 6. The van der Waals surface area contributed by atoms with E-state index in [1.165, 1.54) is 0 Å². The van der Waals surface area contributed by atoms with Crippen molar-refractivity contribution in [3.05, 3.63) is 53.9 Å². The van der Waals surface area contributed by atoms with Crippen molar-refractivity contribution in [2.45, 2.75) is 39.0 Å². The van der Waals surface area contributed by atoms with Crippen LogP contribution in [0.5, 0.6) is 0 Å². The van der Waals surface area contributed by atoms with Gasteiger partial charge in [-0.1, -0.05) is 40.6 Å². The first-order valence-corrected chi connectivity index (χ1v) is 9.16. The van der Waals surface area contributed by atoms with Crippen LogP contribution in [-0.4, -0.2) is 39.7 Å². The zero-order valence-corrected chi connectivity index (χ0v) is 15.7. The molecule has 0 saturated carbocycles. The summed E-state index contributed by atoms with van der Waals surface area (Å²) in [5.41, 5.74) is 1.88. The third-order valence-corrected chi connectivity index (χ3v) is 4.32. The smallest absolute Gasteiger partial charge is 0.226 e. The fourth-order valence-electron chi connectivity index (χ4n) is 2.81. The molecule has 1 amide bonds. The van der Waals surface area contributed by atoms with Gasteiger partial charge in [0, 0.05) is 44.5 Å². The Morgan fingerprint density at radius 3 is 2.63 bits per heavy atom. The first-order valence-electron chi connectivity index (χ1n) is 9.16. The van der Waals surface area contributed by atoms with Gasteiger partial charge in [-0.15, -0.1) is 0 Å². The second-order valence-corrected chi connectivity index (χ2v) is 6.55. The highest BCUT2D eigenvalue weighted by Gasteiger charge is 2.11. The van der Waals surface area contributed by atoms with Gasteiger partial charge in [-0.25, -0.2) is 0 Å². The molecule has 3 rings (SSSR count). The van der Waals surface area contributed by atoms with E-state index in [-0.39, 0.29) is 5.91 Å². The molecule has 142 valence electrons. The molecular weight excluding hydrogens is 344 g/mol. The lowest BCUT2D eigenvalue weighted by atomic mass is 10.1. The minimum absolute atomic E-state index is 0.119. The molecule has 0 atom stereocenters. The van der Waals surface area contributed by atoms with Gasteiger partial charge in [-0.2, -0.15) is 4.98 Å². The lowest BCUT2D eigenvalue weighted by molar-refractivity contribution is -0.130. The van der Waals surface area contributed by atoms with Crippen LogP contribution in [0.2, 0.25) is 0 Å². The lowest BCUT2D eigenvalue weighted by Gasteiger charge is -2.16. The number of hydrogen-bond donors (Lipinski definition) is 0. The molecule has 0 saturated heterocycles. The Bertz CT molecular complexity index is 857. The maximum absolute atomic E-state index is 12.2. The molecule has 1 aromatic carbocycles. The standard InChI is InChI=1S/C20H24N4O3/c1-15-21-19(27-22-15)11-6-12-20(25)24(2)13-7-10-17-14-18(23-26-17)16-8-4-3-5-9-16/h3-5,8-9,14H,6-7,10-13H2,1-2H3. The summed E-state index contributed by atoms with van der Waals surface area (Å²) in [7, 11) is 1.83. The van der Waals surface area contributed by atoms with Gasteiger partial charge in [-0.3, -0.25) is 4.79 Å². The highest BCUT2D eigenvalue weighted by molar-refractivity contribution is 5.75. The minimum Gasteiger partial charge on any atom is -0.361 e. The molecule has 0 fully saturated rings. The number of rotatable bonds is 9. The Kier molecular flexibility index (Phi) is 6.35. The molecule has 7 nitrogen and oxygen atoms in total. The van der Waals surface area contributed by atoms with E-state index in [2.05, 4.69) is 15.3 Å². The van der Waals surface area contributed by atoms with Gasteiger partial charge >= 0.3 is 0 Å². The maximum Gasteiger partial charge on any atom is 0.226 e. The van der Waals surface area contributed by atoms with Crippen LogP contribution in [0.3, 0.4) is 0 Å². The van der Waals surface area contributed by atoms with Gasteiger partial charge in [0.1, 0.15) is 11.5 Å². The van der Waals surface area contributed by atoms with Crippen molar-refractivity contribution in [2.75, 3.05) is 13.6 Å². The summed E-state index contributed by atoms with van der Waals surface area (Å²) in [6.07, 6.45) is 3.37. The minimum atomic E-state index is 0.119. The van der Waals surface area contributed by atoms with Crippen LogP contribution in [-0.2, 0) is 17.6 Å². The first-order chi connectivity index (χ1) is 13.1. The average Bonchev–Trinajstić information content (AvgIpc) is 3.31. The van der Waals surface area contributed by atoms with Crippen LogP contribution in [0.1, 0.15) is 36.7 Å². The molecule has 27 heavy (non-hydrogen) atoms.